The zero-order valence-electron chi connectivity index (χ0n) is 26.1. The van der Waals surface area contributed by atoms with Crippen molar-refractivity contribution in [1.82, 2.24) is 9.97 Å². The van der Waals surface area contributed by atoms with Gasteiger partial charge in [0.15, 0.2) is 0 Å². The van der Waals surface area contributed by atoms with Crippen molar-refractivity contribution in [2.24, 2.45) is 0 Å². The van der Waals surface area contributed by atoms with Crippen LogP contribution in [0.1, 0.15) is 105 Å². The highest BCUT2D eigenvalue weighted by Gasteiger charge is 2.16. The second-order valence-electron chi connectivity index (χ2n) is 10.8. The van der Waals surface area contributed by atoms with Crippen LogP contribution >= 0.6 is 0 Å². The highest BCUT2D eigenvalue weighted by Crippen LogP contribution is 2.20. The van der Waals surface area contributed by atoms with Gasteiger partial charge in [-0.25, -0.2) is 19.6 Å². The molecule has 1 aromatic heterocycles. The fourth-order valence-electron chi connectivity index (χ4n) is 4.52. The highest BCUT2D eigenvalue weighted by molar-refractivity contribution is 5.92. The monoisotopic (exact) mass is 604 g/mol. The van der Waals surface area contributed by atoms with Crippen LogP contribution in [0.15, 0.2) is 60.9 Å². The van der Waals surface area contributed by atoms with Gasteiger partial charge in [-0.3, -0.25) is 4.79 Å². The van der Waals surface area contributed by atoms with Crippen LogP contribution in [0.25, 0.3) is 11.3 Å². The van der Waals surface area contributed by atoms with Crippen LogP contribution in [0.3, 0.4) is 0 Å². The van der Waals surface area contributed by atoms with E-state index in [2.05, 4.69) is 21.6 Å². The summed E-state index contributed by atoms with van der Waals surface area (Å²) < 4.78 is 21.0. The van der Waals surface area contributed by atoms with Crippen LogP contribution in [-0.4, -0.2) is 47.7 Å². The molecule has 0 spiro atoms. The predicted octanol–water partition coefficient (Wildman–Crippen LogP) is 7.77. The number of benzene rings is 2. The molecule has 236 valence electrons. The molecule has 9 heteroatoms. The number of hydrogen-bond donors (Lipinski definition) is 0. The standard InChI is InChI=1S/C35H44N2O7/c1-4-5-6-7-8-9-10-11-12-13-22-42-32-25-36-31(24-37-32)27-14-16-28(17-15-27)35(40)44-30-20-18-29(19-21-30)34(39)43-26(2)23-33(38)41-3/h14-21,24-26H,4-13,22-23H2,1-3H3/t26-/m1/s1. The van der Waals surface area contributed by atoms with Crippen LogP contribution in [0, 0.1) is 0 Å². The van der Waals surface area contributed by atoms with Crippen molar-refractivity contribution >= 4 is 17.9 Å². The number of ether oxygens (including phenoxy) is 4. The fourth-order valence-corrected chi connectivity index (χ4v) is 4.52. The van der Waals surface area contributed by atoms with Crippen LogP contribution in [0.5, 0.6) is 11.6 Å². The minimum atomic E-state index is -0.633. The number of aromatic nitrogens is 2. The van der Waals surface area contributed by atoms with Gasteiger partial charge in [0.1, 0.15) is 11.9 Å². The van der Waals surface area contributed by atoms with Crippen molar-refractivity contribution in [3.63, 3.8) is 0 Å². The molecular weight excluding hydrogens is 560 g/mol. The SMILES string of the molecule is CCCCCCCCCCCCOc1cnc(-c2ccc(C(=O)Oc3ccc(C(=O)O[C@H](C)CC(=O)OC)cc3)cc2)cn1. The van der Waals surface area contributed by atoms with Gasteiger partial charge in [-0.15, -0.1) is 0 Å². The van der Waals surface area contributed by atoms with E-state index in [1.54, 1.807) is 43.6 Å². The molecule has 0 amide bonds. The Morgan fingerprint density at radius 2 is 1.32 bits per heavy atom. The van der Waals surface area contributed by atoms with Crippen LogP contribution in [0.2, 0.25) is 0 Å². The second kappa shape index (κ2) is 19.1. The molecule has 0 unspecified atom stereocenters. The average Bonchev–Trinajstić information content (AvgIpc) is 3.04. The molecule has 3 rings (SSSR count). The van der Waals surface area contributed by atoms with Crippen molar-refractivity contribution in [2.75, 3.05) is 13.7 Å². The van der Waals surface area contributed by atoms with Crippen molar-refractivity contribution in [3.8, 4) is 22.9 Å². The molecule has 1 heterocycles. The lowest BCUT2D eigenvalue weighted by Gasteiger charge is -2.12. The Bertz CT molecular complexity index is 1290. The summed E-state index contributed by atoms with van der Waals surface area (Å²) in [4.78, 5) is 45.1. The largest absolute Gasteiger partial charge is 0.477 e. The zero-order chi connectivity index (χ0) is 31.6. The van der Waals surface area contributed by atoms with E-state index >= 15 is 0 Å². The van der Waals surface area contributed by atoms with E-state index in [1.807, 2.05) is 0 Å². The number of hydrogen-bond acceptors (Lipinski definition) is 9. The van der Waals surface area contributed by atoms with E-state index in [1.165, 1.54) is 82.7 Å². The van der Waals surface area contributed by atoms with Crippen LogP contribution in [0.4, 0.5) is 0 Å². The summed E-state index contributed by atoms with van der Waals surface area (Å²) in [7, 11) is 1.27. The maximum Gasteiger partial charge on any atom is 0.343 e. The lowest BCUT2D eigenvalue weighted by molar-refractivity contribution is -0.142. The van der Waals surface area contributed by atoms with E-state index in [-0.39, 0.29) is 17.7 Å². The molecule has 3 aromatic rings. The van der Waals surface area contributed by atoms with Crippen molar-refractivity contribution in [1.29, 1.82) is 0 Å². The average molecular weight is 605 g/mol. The van der Waals surface area contributed by atoms with E-state index in [0.717, 1.165) is 18.4 Å². The first-order chi connectivity index (χ1) is 21.4. The zero-order valence-corrected chi connectivity index (χ0v) is 26.1. The molecular formula is C35H44N2O7. The van der Waals surface area contributed by atoms with Gasteiger partial charge >= 0.3 is 17.9 Å². The van der Waals surface area contributed by atoms with Crippen LogP contribution in [-0.2, 0) is 14.3 Å². The van der Waals surface area contributed by atoms with Gasteiger partial charge in [-0.1, -0.05) is 76.8 Å². The molecule has 0 radical (unpaired) electrons. The van der Waals surface area contributed by atoms with Crippen molar-refractivity contribution < 1.29 is 33.3 Å². The summed E-state index contributed by atoms with van der Waals surface area (Å²) in [5.41, 5.74) is 2.10. The molecule has 9 nitrogen and oxygen atoms in total. The van der Waals surface area contributed by atoms with Gasteiger partial charge in [-0.05, 0) is 49.7 Å². The van der Waals surface area contributed by atoms with Gasteiger partial charge in [-0.2, -0.15) is 0 Å². The van der Waals surface area contributed by atoms with Gasteiger partial charge in [0, 0.05) is 5.56 Å². The van der Waals surface area contributed by atoms with Crippen molar-refractivity contribution in [3.05, 3.63) is 72.1 Å². The second-order valence-corrected chi connectivity index (χ2v) is 10.8. The number of esters is 3. The molecule has 0 N–H and O–H groups in total. The van der Waals surface area contributed by atoms with E-state index in [4.69, 9.17) is 14.2 Å². The van der Waals surface area contributed by atoms with Gasteiger partial charge in [0.2, 0.25) is 5.88 Å². The Labute approximate surface area is 260 Å². The summed E-state index contributed by atoms with van der Waals surface area (Å²) in [6.45, 7) is 4.48. The van der Waals surface area contributed by atoms with Crippen LogP contribution < -0.4 is 9.47 Å². The number of methoxy groups -OCH3 is 1. The molecule has 1 atom stereocenters. The minimum absolute atomic E-state index is 0.0392. The van der Waals surface area contributed by atoms with E-state index < -0.39 is 24.0 Å². The molecule has 2 aromatic carbocycles. The Hall–Kier alpha value is -4.27. The molecule has 0 aliphatic rings. The Morgan fingerprint density at radius 1 is 0.727 bits per heavy atom. The Morgan fingerprint density at radius 3 is 1.91 bits per heavy atom. The minimum Gasteiger partial charge on any atom is -0.477 e. The molecule has 0 fully saturated rings. The highest BCUT2D eigenvalue weighted by atomic mass is 16.6. The Balaban J connectivity index is 1.39. The molecule has 0 saturated heterocycles. The third-order valence-corrected chi connectivity index (χ3v) is 7.08. The van der Waals surface area contributed by atoms with E-state index in [0.29, 0.717) is 23.7 Å². The lowest BCUT2D eigenvalue weighted by atomic mass is 10.1. The maximum atomic E-state index is 12.6. The Kier molecular flexibility index (Phi) is 14.9. The third-order valence-electron chi connectivity index (χ3n) is 7.08. The van der Waals surface area contributed by atoms with Gasteiger partial charge < -0.3 is 18.9 Å². The normalized spacial score (nSPS) is 11.4. The number of rotatable bonds is 19. The summed E-state index contributed by atoms with van der Waals surface area (Å²) in [6.07, 6.45) is 15.4. The first-order valence-electron chi connectivity index (χ1n) is 15.5. The number of carbonyl (C=O) groups excluding carboxylic acids is 3. The summed E-state index contributed by atoms with van der Waals surface area (Å²) in [6, 6.07) is 12.9. The van der Waals surface area contributed by atoms with Gasteiger partial charge in [0.25, 0.3) is 0 Å². The molecule has 0 aliphatic heterocycles. The summed E-state index contributed by atoms with van der Waals surface area (Å²) in [5, 5.41) is 0. The number of unbranched alkanes of at least 4 members (excludes halogenated alkanes) is 9. The van der Waals surface area contributed by atoms with Gasteiger partial charge in [0.05, 0.1) is 49.4 Å². The first-order valence-corrected chi connectivity index (χ1v) is 15.5. The summed E-state index contributed by atoms with van der Waals surface area (Å²) in [5.74, 6) is -0.824. The molecule has 0 bridgehead atoms. The number of carbonyl (C=O) groups is 3. The first kappa shape index (κ1) is 34.2. The van der Waals surface area contributed by atoms with E-state index in [9.17, 15) is 14.4 Å². The molecule has 0 aliphatic carbocycles. The molecule has 0 saturated carbocycles. The number of nitrogens with zero attached hydrogens (tertiary/aromatic N) is 2. The quantitative estimate of drug-likeness (QED) is 0.0769. The predicted molar refractivity (Wildman–Crippen MR) is 168 cm³/mol. The lowest BCUT2D eigenvalue weighted by Crippen LogP contribution is -2.19. The topological polar surface area (TPSA) is 114 Å². The summed E-state index contributed by atoms with van der Waals surface area (Å²) >= 11 is 0. The van der Waals surface area contributed by atoms with Crippen molar-refractivity contribution in [2.45, 2.75) is 90.6 Å². The molecule has 44 heavy (non-hydrogen) atoms. The third kappa shape index (κ3) is 12.1. The smallest absolute Gasteiger partial charge is 0.343 e. The fraction of sp³-hybridized carbons (Fsp3) is 0.457. The maximum absolute atomic E-state index is 12.6.